The van der Waals surface area contributed by atoms with E-state index in [1.165, 1.54) is 25.0 Å². The zero-order valence-electron chi connectivity index (χ0n) is 9.01. The summed E-state index contributed by atoms with van der Waals surface area (Å²) >= 11 is 0. The topological polar surface area (TPSA) is 41.5 Å². The second kappa shape index (κ2) is 6.57. The quantitative estimate of drug-likeness (QED) is 0.671. The number of rotatable bonds is 5. The second-order valence-electron chi connectivity index (χ2n) is 3.85. The van der Waals surface area contributed by atoms with Gasteiger partial charge in [0.1, 0.15) is 0 Å². The molecule has 80 valence electrons. The van der Waals surface area contributed by atoms with Crippen LogP contribution in [0.4, 0.5) is 0 Å². The molecule has 0 bridgehead atoms. The lowest BCUT2D eigenvalue weighted by Gasteiger charge is -2.11. The predicted molar refractivity (Wildman–Crippen MR) is 58.7 cm³/mol. The fourth-order valence-electron chi connectivity index (χ4n) is 1.68. The van der Waals surface area contributed by atoms with Crippen molar-refractivity contribution in [2.45, 2.75) is 45.4 Å². The third kappa shape index (κ3) is 5.00. The minimum atomic E-state index is 0.0695. The molecule has 0 radical (unpaired) electrons. The maximum absolute atomic E-state index is 10.6. The number of aliphatic imine (C=N–C) groups is 1. The van der Waals surface area contributed by atoms with Crippen molar-refractivity contribution in [2.24, 2.45) is 4.99 Å². The number of unbranched alkanes of at least 4 members (excludes halogenated alkanes) is 1. The molecule has 1 heterocycles. The minimum absolute atomic E-state index is 0.0695. The summed E-state index contributed by atoms with van der Waals surface area (Å²) in [6.45, 7) is 3.40. The number of carbonyl (C=O) groups excluding carboxylic acids is 1. The molecule has 0 atom stereocenters. The maximum atomic E-state index is 10.6. The van der Waals surface area contributed by atoms with Gasteiger partial charge < -0.3 is 5.32 Å². The Kier molecular flexibility index (Phi) is 5.27. The van der Waals surface area contributed by atoms with Gasteiger partial charge in [-0.1, -0.05) is 0 Å². The van der Waals surface area contributed by atoms with Gasteiger partial charge in [-0.2, -0.15) is 0 Å². The Morgan fingerprint density at radius 2 is 2.29 bits per heavy atom. The molecule has 0 aromatic heterocycles. The minimum Gasteiger partial charge on any atom is -0.356 e. The lowest BCUT2D eigenvalue weighted by Crippen LogP contribution is -2.21. The van der Waals surface area contributed by atoms with Gasteiger partial charge in [-0.15, -0.1) is 0 Å². The van der Waals surface area contributed by atoms with Gasteiger partial charge in [0.2, 0.25) is 5.91 Å². The summed E-state index contributed by atoms with van der Waals surface area (Å²) in [6, 6.07) is 0. The summed E-state index contributed by atoms with van der Waals surface area (Å²) in [5.41, 5.74) is 1.39. The highest BCUT2D eigenvalue weighted by atomic mass is 16.1. The van der Waals surface area contributed by atoms with Gasteiger partial charge in [0.25, 0.3) is 0 Å². The molecular weight excluding hydrogens is 176 g/mol. The molecule has 0 aliphatic carbocycles. The number of carbonyl (C=O) groups is 1. The smallest absolute Gasteiger partial charge is 0.216 e. The largest absolute Gasteiger partial charge is 0.356 e. The fourth-order valence-corrected chi connectivity index (χ4v) is 1.68. The van der Waals surface area contributed by atoms with Gasteiger partial charge in [-0.3, -0.25) is 9.79 Å². The summed E-state index contributed by atoms with van der Waals surface area (Å²) in [7, 11) is 0. The molecule has 3 heteroatoms. The van der Waals surface area contributed by atoms with Crippen LogP contribution in [0.3, 0.4) is 0 Å². The van der Waals surface area contributed by atoms with Crippen LogP contribution in [-0.2, 0) is 4.79 Å². The molecule has 0 aromatic rings. The predicted octanol–water partition coefficient (Wildman–Crippen LogP) is 1.92. The molecule has 0 saturated heterocycles. The van der Waals surface area contributed by atoms with Crippen molar-refractivity contribution in [2.75, 3.05) is 13.1 Å². The zero-order valence-corrected chi connectivity index (χ0v) is 9.01. The van der Waals surface area contributed by atoms with Crippen LogP contribution in [-0.4, -0.2) is 24.7 Å². The molecule has 14 heavy (non-hydrogen) atoms. The summed E-state index contributed by atoms with van der Waals surface area (Å²) in [4.78, 5) is 15.1. The highest BCUT2D eigenvalue weighted by Gasteiger charge is 2.04. The van der Waals surface area contributed by atoms with Gasteiger partial charge >= 0.3 is 0 Å². The molecule has 0 spiro atoms. The number of nitrogens with one attached hydrogen (secondary N) is 1. The first kappa shape index (κ1) is 11.2. The second-order valence-corrected chi connectivity index (χ2v) is 3.85. The van der Waals surface area contributed by atoms with Crippen LogP contribution in [0, 0.1) is 0 Å². The first-order chi connectivity index (χ1) is 6.79. The van der Waals surface area contributed by atoms with Crippen molar-refractivity contribution < 1.29 is 4.79 Å². The molecular formula is C11H20N2O. The van der Waals surface area contributed by atoms with Crippen LogP contribution >= 0.6 is 0 Å². The Morgan fingerprint density at radius 3 is 2.93 bits per heavy atom. The summed E-state index contributed by atoms with van der Waals surface area (Å²) in [5, 5.41) is 2.80. The Labute approximate surface area is 86.0 Å². The van der Waals surface area contributed by atoms with E-state index >= 15 is 0 Å². The van der Waals surface area contributed by atoms with E-state index in [4.69, 9.17) is 0 Å². The Hall–Kier alpha value is -0.860. The van der Waals surface area contributed by atoms with Gasteiger partial charge in [-0.25, -0.2) is 0 Å². The van der Waals surface area contributed by atoms with Crippen LogP contribution in [0.15, 0.2) is 4.99 Å². The SMILES string of the molecule is CC(=O)NCCCCC1=NCCCC1. The van der Waals surface area contributed by atoms with Crippen molar-refractivity contribution in [3.63, 3.8) is 0 Å². The summed E-state index contributed by atoms with van der Waals surface area (Å²) in [6.07, 6.45) is 7.11. The lowest BCUT2D eigenvalue weighted by molar-refractivity contribution is -0.118. The van der Waals surface area contributed by atoms with E-state index in [0.29, 0.717) is 0 Å². The number of hydrogen-bond donors (Lipinski definition) is 1. The Morgan fingerprint density at radius 1 is 1.43 bits per heavy atom. The first-order valence-electron chi connectivity index (χ1n) is 5.55. The standard InChI is InChI=1S/C11H20N2O/c1-10(14)12-8-4-2-6-11-7-3-5-9-13-11/h2-9H2,1H3,(H,12,14). The lowest BCUT2D eigenvalue weighted by atomic mass is 10.0. The van der Waals surface area contributed by atoms with Crippen molar-refractivity contribution in [1.82, 2.24) is 5.32 Å². The van der Waals surface area contributed by atoms with Crippen LogP contribution in [0.25, 0.3) is 0 Å². The van der Waals surface area contributed by atoms with Crippen molar-refractivity contribution in [3.05, 3.63) is 0 Å². The van der Waals surface area contributed by atoms with Gasteiger partial charge in [0, 0.05) is 25.7 Å². The van der Waals surface area contributed by atoms with Gasteiger partial charge in [0.05, 0.1) is 0 Å². The Bertz CT molecular complexity index is 211. The van der Waals surface area contributed by atoms with Gasteiger partial charge in [0.15, 0.2) is 0 Å². The number of nitrogens with zero attached hydrogens (tertiary/aromatic N) is 1. The van der Waals surface area contributed by atoms with Crippen molar-refractivity contribution in [3.8, 4) is 0 Å². The zero-order chi connectivity index (χ0) is 10.2. The molecule has 1 amide bonds. The van der Waals surface area contributed by atoms with E-state index in [2.05, 4.69) is 10.3 Å². The fraction of sp³-hybridized carbons (Fsp3) is 0.818. The van der Waals surface area contributed by atoms with Crippen molar-refractivity contribution >= 4 is 11.6 Å². The van der Waals surface area contributed by atoms with E-state index in [-0.39, 0.29) is 5.91 Å². The molecule has 0 fully saturated rings. The molecule has 1 aliphatic rings. The van der Waals surface area contributed by atoms with E-state index in [1.54, 1.807) is 6.92 Å². The summed E-state index contributed by atoms with van der Waals surface area (Å²) in [5.74, 6) is 0.0695. The average molecular weight is 196 g/mol. The molecule has 1 aliphatic heterocycles. The number of amides is 1. The highest BCUT2D eigenvalue weighted by Crippen LogP contribution is 2.10. The maximum Gasteiger partial charge on any atom is 0.216 e. The van der Waals surface area contributed by atoms with Gasteiger partial charge in [-0.05, 0) is 38.5 Å². The first-order valence-corrected chi connectivity index (χ1v) is 5.55. The molecule has 1 N–H and O–H groups in total. The normalized spacial score (nSPS) is 16.2. The van der Waals surface area contributed by atoms with E-state index < -0.39 is 0 Å². The molecule has 3 nitrogen and oxygen atoms in total. The third-order valence-electron chi connectivity index (χ3n) is 2.47. The summed E-state index contributed by atoms with van der Waals surface area (Å²) < 4.78 is 0. The van der Waals surface area contributed by atoms with Crippen molar-refractivity contribution in [1.29, 1.82) is 0 Å². The van der Waals surface area contributed by atoms with Crippen LogP contribution in [0.2, 0.25) is 0 Å². The number of hydrogen-bond acceptors (Lipinski definition) is 2. The molecule has 0 aromatic carbocycles. The monoisotopic (exact) mass is 196 g/mol. The average Bonchev–Trinajstić information content (AvgIpc) is 2.18. The molecule has 1 rings (SSSR count). The van der Waals surface area contributed by atoms with Crippen LogP contribution in [0.5, 0.6) is 0 Å². The Balaban J connectivity index is 1.98. The molecule has 0 saturated carbocycles. The molecule has 0 unspecified atom stereocenters. The van der Waals surface area contributed by atoms with Crippen LogP contribution < -0.4 is 5.32 Å². The van der Waals surface area contributed by atoms with E-state index in [0.717, 1.165) is 32.4 Å². The highest BCUT2D eigenvalue weighted by molar-refractivity contribution is 5.84. The van der Waals surface area contributed by atoms with E-state index in [1.807, 2.05) is 0 Å². The third-order valence-corrected chi connectivity index (χ3v) is 2.47. The van der Waals surface area contributed by atoms with Crippen LogP contribution in [0.1, 0.15) is 45.4 Å². The van der Waals surface area contributed by atoms with E-state index in [9.17, 15) is 4.79 Å².